The smallest absolute Gasteiger partial charge is 0.0571 e. The van der Waals surface area contributed by atoms with Gasteiger partial charge in [-0.2, -0.15) is 0 Å². The number of nitrogens with zero attached hydrogens (tertiary/aromatic N) is 1. The molecule has 1 heterocycles. The molecule has 2 fully saturated rings. The molecule has 1 aliphatic heterocycles. The first kappa shape index (κ1) is 9.47. The molecular formula is C11H21NO. The lowest BCUT2D eigenvalue weighted by molar-refractivity contribution is 0.0850. The molecule has 13 heavy (non-hydrogen) atoms. The predicted octanol–water partition coefficient (Wildman–Crippen LogP) is 1.20. The van der Waals surface area contributed by atoms with Gasteiger partial charge in [0.25, 0.3) is 0 Å². The zero-order valence-corrected chi connectivity index (χ0v) is 8.90. The zero-order valence-electron chi connectivity index (χ0n) is 8.90. The second-order valence-electron chi connectivity index (χ2n) is 5.19. The number of piperidine rings is 1. The Balaban J connectivity index is 2.12. The quantitative estimate of drug-likeness (QED) is 0.610. The molecule has 0 radical (unpaired) electrons. The van der Waals surface area contributed by atoms with Crippen LogP contribution in [-0.4, -0.2) is 36.2 Å². The normalized spacial score (nSPS) is 52.2. The highest BCUT2D eigenvalue weighted by Crippen LogP contribution is 2.44. The van der Waals surface area contributed by atoms with Crippen LogP contribution < -0.4 is 0 Å². The van der Waals surface area contributed by atoms with Gasteiger partial charge in [-0.3, -0.25) is 0 Å². The number of aliphatic hydroxyl groups is 1. The summed E-state index contributed by atoms with van der Waals surface area (Å²) in [6.45, 7) is 6.94. The van der Waals surface area contributed by atoms with E-state index in [9.17, 15) is 5.11 Å². The first-order valence-corrected chi connectivity index (χ1v) is 5.46. The molecule has 1 saturated carbocycles. The van der Waals surface area contributed by atoms with Crippen molar-refractivity contribution in [2.45, 2.75) is 26.4 Å². The van der Waals surface area contributed by atoms with Crippen molar-refractivity contribution in [3.05, 3.63) is 0 Å². The fraction of sp³-hybridized carbons (Fsp3) is 1.00. The highest BCUT2D eigenvalue weighted by Gasteiger charge is 2.44. The van der Waals surface area contributed by atoms with E-state index < -0.39 is 0 Å². The Bertz CT molecular complexity index is 195. The SMILES string of the molecule is C[C@H]1[C@H]2CN(C)C[C@H](C)[C@H]2C[C@H]1O. The molecule has 0 amide bonds. The van der Waals surface area contributed by atoms with Crippen LogP contribution in [-0.2, 0) is 0 Å². The summed E-state index contributed by atoms with van der Waals surface area (Å²) in [6.07, 6.45) is 1.00. The fourth-order valence-corrected chi connectivity index (χ4v) is 3.36. The molecule has 2 rings (SSSR count). The Morgan fingerprint density at radius 3 is 2.54 bits per heavy atom. The van der Waals surface area contributed by atoms with Gasteiger partial charge < -0.3 is 10.0 Å². The van der Waals surface area contributed by atoms with Gasteiger partial charge in [-0.05, 0) is 37.1 Å². The predicted molar refractivity (Wildman–Crippen MR) is 53.4 cm³/mol. The van der Waals surface area contributed by atoms with Gasteiger partial charge in [0.05, 0.1) is 6.10 Å². The van der Waals surface area contributed by atoms with Crippen molar-refractivity contribution >= 4 is 0 Å². The lowest BCUT2D eigenvalue weighted by Crippen LogP contribution is -2.42. The van der Waals surface area contributed by atoms with Crippen molar-refractivity contribution in [3.8, 4) is 0 Å². The molecule has 1 N–H and O–H groups in total. The molecule has 2 nitrogen and oxygen atoms in total. The van der Waals surface area contributed by atoms with Crippen molar-refractivity contribution < 1.29 is 5.11 Å². The summed E-state index contributed by atoms with van der Waals surface area (Å²) in [5, 5.41) is 9.81. The molecule has 0 spiro atoms. The summed E-state index contributed by atoms with van der Waals surface area (Å²) in [4.78, 5) is 2.42. The molecule has 0 bridgehead atoms. The van der Waals surface area contributed by atoms with E-state index in [0.29, 0.717) is 5.92 Å². The van der Waals surface area contributed by atoms with Crippen LogP contribution >= 0.6 is 0 Å². The Morgan fingerprint density at radius 2 is 1.85 bits per heavy atom. The number of hydrogen-bond acceptors (Lipinski definition) is 2. The summed E-state index contributed by atoms with van der Waals surface area (Å²) in [5.41, 5.74) is 0. The Morgan fingerprint density at radius 1 is 1.15 bits per heavy atom. The van der Waals surface area contributed by atoms with Gasteiger partial charge in [0, 0.05) is 13.1 Å². The van der Waals surface area contributed by atoms with E-state index in [-0.39, 0.29) is 6.10 Å². The molecule has 2 heteroatoms. The van der Waals surface area contributed by atoms with Crippen LogP contribution in [0.1, 0.15) is 20.3 Å². The first-order chi connectivity index (χ1) is 6.09. The Labute approximate surface area is 80.9 Å². The molecule has 0 aromatic heterocycles. The maximum atomic E-state index is 9.81. The molecule has 76 valence electrons. The Kier molecular flexibility index (Phi) is 2.37. The number of aliphatic hydroxyl groups excluding tert-OH is 1. The molecule has 0 unspecified atom stereocenters. The average Bonchev–Trinajstić information content (AvgIpc) is 2.32. The summed E-state index contributed by atoms with van der Waals surface area (Å²) < 4.78 is 0. The first-order valence-electron chi connectivity index (χ1n) is 5.46. The van der Waals surface area contributed by atoms with Gasteiger partial charge in [0.15, 0.2) is 0 Å². The second kappa shape index (κ2) is 3.25. The van der Waals surface area contributed by atoms with Gasteiger partial charge in [-0.1, -0.05) is 13.8 Å². The fourth-order valence-electron chi connectivity index (χ4n) is 3.36. The molecule has 2 aliphatic rings. The maximum Gasteiger partial charge on any atom is 0.0571 e. The van der Waals surface area contributed by atoms with Crippen molar-refractivity contribution in [2.24, 2.45) is 23.7 Å². The van der Waals surface area contributed by atoms with Crippen molar-refractivity contribution in [1.29, 1.82) is 0 Å². The standard InChI is InChI=1S/C11H21NO/c1-7-5-12(3)6-10-8(2)11(13)4-9(7)10/h7-11,13H,4-6H2,1-3H3/t7-,8-,9+,10+,11+/m0/s1. The third-order valence-electron chi connectivity index (χ3n) is 4.20. The largest absolute Gasteiger partial charge is 0.393 e. The summed E-state index contributed by atoms with van der Waals surface area (Å²) >= 11 is 0. The summed E-state index contributed by atoms with van der Waals surface area (Å²) in [5.74, 6) is 2.79. The van der Waals surface area contributed by atoms with Gasteiger partial charge in [-0.15, -0.1) is 0 Å². The van der Waals surface area contributed by atoms with Gasteiger partial charge in [0.2, 0.25) is 0 Å². The minimum atomic E-state index is -0.0380. The minimum absolute atomic E-state index is 0.0380. The molecule has 0 aromatic carbocycles. The van der Waals surface area contributed by atoms with E-state index in [4.69, 9.17) is 0 Å². The molecular weight excluding hydrogens is 162 g/mol. The van der Waals surface area contributed by atoms with Crippen LogP contribution in [0.15, 0.2) is 0 Å². The molecule has 0 aromatic rings. The third-order valence-corrected chi connectivity index (χ3v) is 4.20. The lowest BCUT2D eigenvalue weighted by Gasteiger charge is -2.38. The van der Waals surface area contributed by atoms with Crippen molar-refractivity contribution in [1.82, 2.24) is 4.90 Å². The highest BCUT2D eigenvalue weighted by atomic mass is 16.3. The minimum Gasteiger partial charge on any atom is -0.393 e. The average molecular weight is 183 g/mol. The van der Waals surface area contributed by atoms with E-state index in [0.717, 1.165) is 24.2 Å². The number of likely N-dealkylation sites (tertiary alicyclic amines) is 1. The topological polar surface area (TPSA) is 23.5 Å². The van der Waals surface area contributed by atoms with E-state index in [1.54, 1.807) is 0 Å². The van der Waals surface area contributed by atoms with Gasteiger partial charge in [0.1, 0.15) is 0 Å². The van der Waals surface area contributed by atoms with Crippen LogP contribution in [0.4, 0.5) is 0 Å². The summed E-state index contributed by atoms with van der Waals surface area (Å²) in [6, 6.07) is 0. The van der Waals surface area contributed by atoms with Crippen LogP contribution in [0.2, 0.25) is 0 Å². The van der Waals surface area contributed by atoms with E-state index in [1.807, 2.05) is 0 Å². The van der Waals surface area contributed by atoms with Crippen LogP contribution in [0, 0.1) is 23.7 Å². The van der Waals surface area contributed by atoms with Crippen LogP contribution in [0.25, 0.3) is 0 Å². The van der Waals surface area contributed by atoms with Crippen LogP contribution in [0.5, 0.6) is 0 Å². The third kappa shape index (κ3) is 1.50. The molecule has 1 aliphatic carbocycles. The van der Waals surface area contributed by atoms with Crippen LogP contribution in [0.3, 0.4) is 0 Å². The Hall–Kier alpha value is -0.0800. The van der Waals surface area contributed by atoms with Gasteiger partial charge >= 0.3 is 0 Å². The number of fused-ring (bicyclic) bond motifs is 1. The van der Waals surface area contributed by atoms with E-state index in [2.05, 4.69) is 25.8 Å². The molecule has 5 atom stereocenters. The maximum absolute atomic E-state index is 9.81. The van der Waals surface area contributed by atoms with E-state index >= 15 is 0 Å². The summed E-state index contributed by atoms with van der Waals surface area (Å²) in [7, 11) is 2.20. The highest BCUT2D eigenvalue weighted by molar-refractivity contribution is 4.95. The van der Waals surface area contributed by atoms with Crippen molar-refractivity contribution in [2.75, 3.05) is 20.1 Å². The zero-order chi connectivity index (χ0) is 9.59. The number of rotatable bonds is 0. The monoisotopic (exact) mass is 183 g/mol. The number of hydrogen-bond donors (Lipinski definition) is 1. The van der Waals surface area contributed by atoms with Crippen molar-refractivity contribution in [3.63, 3.8) is 0 Å². The molecule has 1 saturated heterocycles. The second-order valence-corrected chi connectivity index (χ2v) is 5.19. The lowest BCUT2D eigenvalue weighted by atomic mass is 9.79. The van der Waals surface area contributed by atoms with E-state index in [1.165, 1.54) is 13.1 Å². The van der Waals surface area contributed by atoms with Gasteiger partial charge in [-0.25, -0.2) is 0 Å².